The molecule has 0 aromatic heterocycles. The molecule has 2 aliphatic rings. The summed E-state index contributed by atoms with van der Waals surface area (Å²) in [5.41, 5.74) is 0. The molecule has 2 rings (SSSR count). The van der Waals surface area contributed by atoms with E-state index < -0.39 is 5.97 Å². The number of hydrogen-bond donors (Lipinski definition) is 1. The first-order chi connectivity index (χ1) is 9.61. The zero-order chi connectivity index (χ0) is 14.5. The number of carbonyl (C=O) groups is 2. The van der Waals surface area contributed by atoms with Gasteiger partial charge in [0.15, 0.2) is 0 Å². The first-order valence-corrected chi connectivity index (χ1v) is 7.89. The number of nitrogens with zero attached hydrogens (tertiary/aromatic N) is 2. The normalized spacial score (nSPS) is 24.8. The van der Waals surface area contributed by atoms with Crippen LogP contribution in [-0.2, 0) is 4.79 Å². The van der Waals surface area contributed by atoms with Gasteiger partial charge in [0.05, 0.1) is 0 Å². The Kier molecular flexibility index (Phi) is 5.26. The van der Waals surface area contributed by atoms with E-state index in [1.165, 1.54) is 6.42 Å². The van der Waals surface area contributed by atoms with Gasteiger partial charge in [0, 0.05) is 32.1 Å². The van der Waals surface area contributed by atoms with Gasteiger partial charge in [-0.1, -0.05) is 6.92 Å². The van der Waals surface area contributed by atoms with Gasteiger partial charge in [-0.25, -0.2) is 4.79 Å². The predicted molar refractivity (Wildman–Crippen MR) is 76.6 cm³/mol. The van der Waals surface area contributed by atoms with Crippen molar-refractivity contribution < 1.29 is 14.7 Å². The second kappa shape index (κ2) is 6.95. The lowest BCUT2D eigenvalue weighted by atomic mass is 9.93. The number of carboxylic acid groups (broad SMARTS) is 1. The van der Waals surface area contributed by atoms with E-state index in [0.29, 0.717) is 19.1 Å². The fraction of sp³-hybridized carbons (Fsp3) is 0.867. The van der Waals surface area contributed by atoms with E-state index in [-0.39, 0.29) is 18.4 Å². The van der Waals surface area contributed by atoms with E-state index in [2.05, 4.69) is 6.92 Å². The number of aliphatic carboxylic acids is 1. The maximum Gasteiger partial charge on any atom is 0.320 e. The summed E-state index contributed by atoms with van der Waals surface area (Å²) in [5.74, 6) is -0.489. The molecule has 5 heteroatoms. The average molecular weight is 282 g/mol. The minimum absolute atomic E-state index is 0.172. The van der Waals surface area contributed by atoms with Crippen LogP contribution in [0.2, 0.25) is 0 Å². The van der Waals surface area contributed by atoms with Crippen LogP contribution in [0, 0.1) is 5.92 Å². The zero-order valence-corrected chi connectivity index (χ0v) is 12.4. The largest absolute Gasteiger partial charge is 0.481 e. The molecule has 1 atom stereocenters. The number of carbonyl (C=O) groups excluding carboxylic acids is 1. The van der Waals surface area contributed by atoms with Crippen LogP contribution >= 0.6 is 0 Å². The van der Waals surface area contributed by atoms with E-state index >= 15 is 0 Å². The summed E-state index contributed by atoms with van der Waals surface area (Å²) < 4.78 is 0. The third-order valence-corrected chi connectivity index (χ3v) is 4.69. The molecule has 2 heterocycles. The Morgan fingerprint density at radius 1 is 1.10 bits per heavy atom. The molecule has 2 amide bonds. The van der Waals surface area contributed by atoms with Gasteiger partial charge in [-0.15, -0.1) is 0 Å². The zero-order valence-electron chi connectivity index (χ0n) is 12.4. The summed E-state index contributed by atoms with van der Waals surface area (Å²) in [5, 5.41) is 8.82. The standard InChI is InChI=1S/C15H26N2O3/c1-2-13-5-3-4-8-17(13)15(20)16-9-6-12(7-10-16)11-14(18)19/h12-13H,2-11H2,1H3,(H,18,19). The van der Waals surface area contributed by atoms with Gasteiger partial charge in [-0.05, 0) is 44.4 Å². The lowest BCUT2D eigenvalue weighted by molar-refractivity contribution is -0.138. The second-order valence-corrected chi connectivity index (χ2v) is 6.06. The molecule has 0 saturated carbocycles. The van der Waals surface area contributed by atoms with Gasteiger partial charge in [0.2, 0.25) is 0 Å². The molecule has 2 aliphatic heterocycles. The van der Waals surface area contributed by atoms with Gasteiger partial charge in [0.25, 0.3) is 0 Å². The first-order valence-electron chi connectivity index (χ1n) is 7.89. The lowest BCUT2D eigenvalue weighted by Crippen LogP contribution is -2.52. The smallest absolute Gasteiger partial charge is 0.320 e. The SMILES string of the molecule is CCC1CCCCN1C(=O)N1CCC(CC(=O)O)CC1. The van der Waals surface area contributed by atoms with Crippen molar-refractivity contribution in [1.29, 1.82) is 0 Å². The Morgan fingerprint density at radius 2 is 1.80 bits per heavy atom. The molecule has 0 aliphatic carbocycles. The molecular formula is C15H26N2O3. The molecule has 114 valence electrons. The van der Waals surface area contributed by atoms with Crippen LogP contribution in [-0.4, -0.2) is 52.6 Å². The summed E-state index contributed by atoms with van der Waals surface area (Å²) in [6.45, 7) is 4.45. The molecule has 5 nitrogen and oxygen atoms in total. The molecule has 2 fully saturated rings. The van der Waals surface area contributed by atoms with Crippen molar-refractivity contribution in [2.45, 2.75) is 57.9 Å². The van der Waals surface area contributed by atoms with E-state index in [0.717, 1.165) is 38.6 Å². The minimum atomic E-state index is -0.725. The molecule has 0 radical (unpaired) electrons. The highest BCUT2D eigenvalue weighted by atomic mass is 16.4. The van der Waals surface area contributed by atoms with Crippen LogP contribution in [0.1, 0.15) is 51.9 Å². The van der Waals surface area contributed by atoms with E-state index in [1.807, 2.05) is 9.80 Å². The summed E-state index contributed by atoms with van der Waals surface area (Å²) >= 11 is 0. The maximum absolute atomic E-state index is 12.6. The highest BCUT2D eigenvalue weighted by molar-refractivity contribution is 5.75. The Labute approximate surface area is 120 Å². The van der Waals surface area contributed by atoms with Gasteiger partial charge < -0.3 is 14.9 Å². The number of hydrogen-bond acceptors (Lipinski definition) is 2. The number of piperidine rings is 2. The molecule has 0 aromatic carbocycles. The van der Waals surface area contributed by atoms with E-state index in [1.54, 1.807) is 0 Å². The molecule has 0 spiro atoms. The van der Waals surface area contributed by atoms with E-state index in [9.17, 15) is 9.59 Å². The van der Waals surface area contributed by atoms with Gasteiger partial charge in [0.1, 0.15) is 0 Å². The van der Waals surface area contributed by atoms with Crippen molar-refractivity contribution in [3.8, 4) is 0 Å². The van der Waals surface area contributed by atoms with E-state index in [4.69, 9.17) is 5.11 Å². The summed E-state index contributed by atoms with van der Waals surface area (Å²) in [4.78, 5) is 27.3. The van der Waals surface area contributed by atoms with Gasteiger partial charge in [-0.2, -0.15) is 0 Å². The molecular weight excluding hydrogens is 256 g/mol. The van der Waals surface area contributed by atoms with Crippen LogP contribution in [0.3, 0.4) is 0 Å². The summed E-state index contributed by atoms with van der Waals surface area (Å²) in [6, 6.07) is 0.568. The second-order valence-electron chi connectivity index (χ2n) is 6.06. The molecule has 2 saturated heterocycles. The monoisotopic (exact) mass is 282 g/mol. The highest BCUT2D eigenvalue weighted by Crippen LogP contribution is 2.25. The molecule has 0 aromatic rings. The van der Waals surface area contributed by atoms with Crippen molar-refractivity contribution in [2.24, 2.45) is 5.92 Å². The molecule has 20 heavy (non-hydrogen) atoms. The van der Waals surface area contributed by atoms with Crippen LogP contribution in [0.25, 0.3) is 0 Å². The van der Waals surface area contributed by atoms with Gasteiger partial charge in [-0.3, -0.25) is 4.79 Å². The van der Waals surface area contributed by atoms with Crippen molar-refractivity contribution in [3.05, 3.63) is 0 Å². The Bertz CT molecular complexity index is 351. The van der Waals surface area contributed by atoms with Crippen molar-refractivity contribution in [3.63, 3.8) is 0 Å². The highest BCUT2D eigenvalue weighted by Gasteiger charge is 2.31. The number of rotatable bonds is 3. The van der Waals surface area contributed by atoms with Crippen LogP contribution in [0.5, 0.6) is 0 Å². The summed E-state index contributed by atoms with van der Waals surface area (Å²) in [7, 11) is 0. The van der Waals surface area contributed by atoms with Crippen LogP contribution in [0.4, 0.5) is 4.79 Å². The quantitative estimate of drug-likeness (QED) is 0.865. The molecule has 1 unspecified atom stereocenters. The van der Waals surface area contributed by atoms with Crippen molar-refractivity contribution in [1.82, 2.24) is 9.80 Å². The minimum Gasteiger partial charge on any atom is -0.481 e. The number of carboxylic acids is 1. The molecule has 1 N–H and O–H groups in total. The fourth-order valence-corrected chi connectivity index (χ4v) is 3.43. The maximum atomic E-state index is 12.6. The van der Waals surface area contributed by atoms with Gasteiger partial charge >= 0.3 is 12.0 Å². The number of likely N-dealkylation sites (tertiary alicyclic amines) is 2. The Morgan fingerprint density at radius 3 is 2.40 bits per heavy atom. The van der Waals surface area contributed by atoms with Crippen LogP contribution in [0.15, 0.2) is 0 Å². The third-order valence-electron chi connectivity index (χ3n) is 4.69. The fourth-order valence-electron chi connectivity index (χ4n) is 3.43. The predicted octanol–water partition coefficient (Wildman–Crippen LogP) is 2.56. The van der Waals surface area contributed by atoms with Crippen molar-refractivity contribution >= 4 is 12.0 Å². The topological polar surface area (TPSA) is 60.9 Å². The number of urea groups is 1. The third kappa shape index (κ3) is 3.64. The van der Waals surface area contributed by atoms with Crippen molar-refractivity contribution in [2.75, 3.05) is 19.6 Å². The van der Waals surface area contributed by atoms with Crippen LogP contribution < -0.4 is 0 Å². The summed E-state index contributed by atoms with van der Waals surface area (Å²) in [6.07, 6.45) is 6.37. The molecule has 0 bridgehead atoms. The Hall–Kier alpha value is -1.26. The Balaban J connectivity index is 1.86. The first kappa shape index (κ1) is 15.1. The lowest BCUT2D eigenvalue weighted by Gasteiger charge is -2.41. The number of amides is 2. The average Bonchev–Trinajstić information content (AvgIpc) is 2.46.